The van der Waals surface area contributed by atoms with Crippen LogP contribution in [0.15, 0.2) is 72.8 Å². The SMILES string of the molecule is CNC(=O)c1cccc(Cn2nc(C)c(NC(=O)c3ccc(COc4cccc(C(F)(F)F)c4)cc3)c2C)c1. The molecule has 3 aromatic carbocycles. The van der Waals surface area contributed by atoms with Crippen molar-refractivity contribution in [2.45, 2.75) is 33.2 Å². The van der Waals surface area contributed by atoms with Crippen molar-refractivity contribution in [1.82, 2.24) is 15.1 Å². The molecule has 2 amide bonds. The predicted molar refractivity (Wildman–Crippen MR) is 141 cm³/mol. The van der Waals surface area contributed by atoms with Crippen molar-refractivity contribution in [2.75, 3.05) is 12.4 Å². The van der Waals surface area contributed by atoms with Gasteiger partial charge in [-0.2, -0.15) is 18.3 Å². The number of rotatable bonds is 8. The lowest BCUT2D eigenvalue weighted by atomic mass is 10.1. The van der Waals surface area contributed by atoms with E-state index in [0.29, 0.717) is 34.6 Å². The molecule has 0 fully saturated rings. The maximum absolute atomic E-state index is 12.9. The first-order valence-corrected chi connectivity index (χ1v) is 12.1. The molecule has 2 N–H and O–H groups in total. The lowest BCUT2D eigenvalue weighted by molar-refractivity contribution is -0.137. The minimum absolute atomic E-state index is 0.0509. The molecule has 1 aromatic heterocycles. The Hall–Kier alpha value is -4.60. The van der Waals surface area contributed by atoms with Crippen LogP contribution in [0.1, 0.15) is 48.8 Å². The molecule has 0 radical (unpaired) electrons. The van der Waals surface area contributed by atoms with Crippen molar-refractivity contribution >= 4 is 17.5 Å². The van der Waals surface area contributed by atoms with Crippen molar-refractivity contribution in [3.63, 3.8) is 0 Å². The Kier molecular flexibility index (Phi) is 8.04. The molecule has 0 aliphatic heterocycles. The van der Waals surface area contributed by atoms with Gasteiger partial charge in [-0.15, -0.1) is 0 Å². The van der Waals surface area contributed by atoms with Crippen LogP contribution >= 0.6 is 0 Å². The van der Waals surface area contributed by atoms with E-state index in [9.17, 15) is 22.8 Å². The molecule has 0 saturated carbocycles. The van der Waals surface area contributed by atoms with Crippen LogP contribution in [0.5, 0.6) is 5.75 Å². The average molecular weight is 537 g/mol. The number of amides is 2. The molecule has 39 heavy (non-hydrogen) atoms. The zero-order valence-electron chi connectivity index (χ0n) is 21.6. The van der Waals surface area contributed by atoms with Crippen LogP contribution < -0.4 is 15.4 Å². The molecular formula is C29H27F3N4O3. The van der Waals surface area contributed by atoms with E-state index in [1.807, 2.05) is 19.1 Å². The summed E-state index contributed by atoms with van der Waals surface area (Å²) in [5, 5.41) is 10.1. The Balaban J connectivity index is 1.40. The number of halogens is 3. The van der Waals surface area contributed by atoms with Crippen LogP contribution in [-0.4, -0.2) is 28.6 Å². The lowest BCUT2D eigenvalue weighted by Gasteiger charge is -2.11. The molecule has 0 bridgehead atoms. The van der Waals surface area contributed by atoms with Gasteiger partial charge >= 0.3 is 6.18 Å². The normalized spacial score (nSPS) is 11.2. The fraction of sp³-hybridized carbons (Fsp3) is 0.207. The van der Waals surface area contributed by atoms with Crippen LogP contribution in [0, 0.1) is 13.8 Å². The van der Waals surface area contributed by atoms with E-state index < -0.39 is 11.7 Å². The average Bonchev–Trinajstić information content (AvgIpc) is 3.18. The quantitative estimate of drug-likeness (QED) is 0.300. The summed E-state index contributed by atoms with van der Waals surface area (Å²) in [6.07, 6.45) is -4.44. The van der Waals surface area contributed by atoms with Gasteiger partial charge in [0.15, 0.2) is 0 Å². The largest absolute Gasteiger partial charge is 0.489 e. The number of hydrogen-bond donors (Lipinski definition) is 2. The summed E-state index contributed by atoms with van der Waals surface area (Å²) < 4.78 is 46.0. The second kappa shape index (κ2) is 11.4. The summed E-state index contributed by atoms with van der Waals surface area (Å²) in [5.41, 5.74) is 3.77. The lowest BCUT2D eigenvalue weighted by Crippen LogP contribution is -2.18. The number of anilines is 1. The molecule has 0 atom stereocenters. The van der Waals surface area contributed by atoms with Crippen LogP contribution in [0.2, 0.25) is 0 Å². The highest BCUT2D eigenvalue weighted by Crippen LogP contribution is 2.31. The third-order valence-electron chi connectivity index (χ3n) is 6.15. The number of benzene rings is 3. The van der Waals surface area contributed by atoms with Gasteiger partial charge < -0.3 is 15.4 Å². The number of ether oxygens (including phenoxy) is 1. The van der Waals surface area contributed by atoms with Gasteiger partial charge in [0.05, 0.1) is 29.2 Å². The minimum Gasteiger partial charge on any atom is -0.489 e. The summed E-state index contributed by atoms with van der Waals surface area (Å²) in [6, 6.07) is 18.5. The van der Waals surface area contributed by atoms with Crippen molar-refractivity contribution < 1.29 is 27.5 Å². The Morgan fingerprint density at radius 2 is 1.62 bits per heavy atom. The molecule has 0 aliphatic rings. The number of hydrogen-bond acceptors (Lipinski definition) is 4. The smallest absolute Gasteiger partial charge is 0.416 e. The summed E-state index contributed by atoms with van der Waals surface area (Å²) in [5.74, 6) is -0.394. The second-order valence-corrected chi connectivity index (χ2v) is 8.95. The van der Waals surface area contributed by atoms with Crippen LogP contribution in [0.25, 0.3) is 0 Å². The molecule has 0 saturated heterocycles. The van der Waals surface area contributed by atoms with Crippen molar-refractivity contribution in [3.05, 3.63) is 112 Å². The van der Waals surface area contributed by atoms with Crippen LogP contribution in [0.4, 0.5) is 18.9 Å². The van der Waals surface area contributed by atoms with Gasteiger partial charge in [0.1, 0.15) is 12.4 Å². The molecule has 10 heteroatoms. The molecule has 0 unspecified atom stereocenters. The van der Waals surface area contributed by atoms with E-state index in [-0.39, 0.29) is 24.2 Å². The first kappa shape index (κ1) is 27.4. The van der Waals surface area contributed by atoms with Crippen molar-refractivity contribution in [3.8, 4) is 5.75 Å². The number of carbonyl (C=O) groups is 2. The van der Waals surface area contributed by atoms with E-state index in [2.05, 4.69) is 15.7 Å². The van der Waals surface area contributed by atoms with Gasteiger partial charge in [0, 0.05) is 18.2 Å². The fourth-order valence-corrected chi connectivity index (χ4v) is 4.03. The topological polar surface area (TPSA) is 85.3 Å². The van der Waals surface area contributed by atoms with Crippen LogP contribution in [-0.2, 0) is 19.3 Å². The van der Waals surface area contributed by atoms with Gasteiger partial charge in [0.25, 0.3) is 11.8 Å². The highest BCUT2D eigenvalue weighted by atomic mass is 19.4. The maximum atomic E-state index is 12.9. The van der Waals surface area contributed by atoms with Crippen molar-refractivity contribution in [1.29, 1.82) is 0 Å². The standard InChI is InChI=1S/C29H27F3N4O3/c1-18-26(19(2)36(35-18)16-21-6-4-7-23(14-21)27(37)33-3)34-28(38)22-12-10-20(11-13-22)17-39-25-9-5-8-24(15-25)29(30,31)32/h4-15H,16-17H2,1-3H3,(H,33,37)(H,34,38). The van der Waals surface area contributed by atoms with Gasteiger partial charge in [0.2, 0.25) is 0 Å². The first-order chi connectivity index (χ1) is 18.5. The number of aromatic nitrogens is 2. The van der Waals surface area contributed by atoms with E-state index in [1.54, 1.807) is 55.1 Å². The molecule has 202 valence electrons. The summed E-state index contributed by atoms with van der Waals surface area (Å²) in [4.78, 5) is 24.9. The molecule has 7 nitrogen and oxygen atoms in total. The Bertz CT molecular complexity index is 1490. The Morgan fingerprint density at radius 1 is 0.897 bits per heavy atom. The van der Waals surface area contributed by atoms with E-state index in [1.165, 1.54) is 12.1 Å². The molecule has 0 spiro atoms. The number of nitrogens with zero attached hydrogens (tertiary/aromatic N) is 2. The van der Waals surface area contributed by atoms with Gasteiger partial charge in [-0.05, 0) is 67.4 Å². The maximum Gasteiger partial charge on any atom is 0.416 e. The highest BCUT2D eigenvalue weighted by Gasteiger charge is 2.30. The summed E-state index contributed by atoms with van der Waals surface area (Å²) >= 11 is 0. The summed E-state index contributed by atoms with van der Waals surface area (Å²) in [6.45, 7) is 4.13. The predicted octanol–water partition coefficient (Wildman–Crippen LogP) is 5.76. The zero-order valence-corrected chi connectivity index (χ0v) is 21.6. The van der Waals surface area contributed by atoms with Gasteiger partial charge in [-0.25, -0.2) is 0 Å². The Morgan fingerprint density at radius 3 is 2.31 bits per heavy atom. The second-order valence-electron chi connectivity index (χ2n) is 8.95. The van der Waals surface area contributed by atoms with E-state index >= 15 is 0 Å². The molecular weight excluding hydrogens is 509 g/mol. The minimum atomic E-state index is -4.44. The van der Waals surface area contributed by atoms with Crippen molar-refractivity contribution in [2.24, 2.45) is 0 Å². The van der Waals surface area contributed by atoms with E-state index in [0.717, 1.165) is 23.4 Å². The fourth-order valence-electron chi connectivity index (χ4n) is 4.03. The first-order valence-electron chi connectivity index (χ1n) is 12.1. The third-order valence-corrected chi connectivity index (χ3v) is 6.15. The monoisotopic (exact) mass is 536 g/mol. The molecule has 0 aliphatic carbocycles. The van der Waals surface area contributed by atoms with Gasteiger partial charge in [-0.3, -0.25) is 14.3 Å². The summed E-state index contributed by atoms with van der Waals surface area (Å²) in [7, 11) is 1.58. The number of alkyl halides is 3. The number of nitrogens with one attached hydrogen (secondary N) is 2. The highest BCUT2D eigenvalue weighted by molar-refractivity contribution is 6.04. The number of aryl methyl sites for hydroxylation is 1. The van der Waals surface area contributed by atoms with Crippen LogP contribution in [0.3, 0.4) is 0 Å². The Labute approximate surface area is 223 Å². The zero-order chi connectivity index (χ0) is 28.2. The van der Waals surface area contributed by atoms with Gasteiger partial charge in [-0.1, -0.05) is 30.3 Å². The molecule has 1 heterocycles. The third kappa shape index (κ3) is 6.64. The number of carbonyl (C=O) groups excluding carboxylic acids is 2. The molecule has 4 rings (SSSR count). The van der Waals surface area contributed by atoms with E-state index in [4.69, 9.17) is 4.74 Å². The molecule has 4 aromatic rings.